The number of nitrogens with zero attached hydrogens (tertiary/aromatic N) is 3. The molecule has 1 aliphatic rings. The molecule has 0 bridgehead atoms. The van der Waals surface area contributed by atoms with E-state index in [0.29, 0.717) is 13.1 Å². The van der Waals surface area contributed by atoms with Crippen molar-refractivity contribution in [2.24, 2.45) is 0 Å². The molecule has 0 atom stereocenters. The number of anilines is 1. The summed E-state index contributed by atoms with van der Waals surface area (Å²) in [5.41, 5.74) is 7.56. The lowest BCUT2D eigenvalue weighted by Crippen LogP contribution is -2.35. The minimum absolute atomic E-state index is 0. The summed E-state index contributed by atoms with van der Waals surface area (Å²) in [4.78, 5) is 25.1. The van der Waals surface area contributed by atoms with Crippen LogP contribution in [0.15, 0.2) is 85.3 Å². The van der Waals surface area contributed by atoms with Crippen LogP contribution in [-0.4, -0.2) is 33.9 Å². The number of aromatic nitrogens is 2. The highest BCUT2D eigenvalue weighted by Gasteiger charge is 2.24. The molecule has 5 rings (SSSR count). The number of halogens is 2. The highest BCUT2D eigenvalue weighted by molar-refractivity contribution is 5.94. The van der Waals surface area contributed by atoms with Crippen molar-refractivity contribution in [3.63, 3.8) is 0 Å². The van der Waals surface area contributed by atoms with Crippen LogP contribution >= 0.6 is 24.8 Å². The lowest BCUT2D eigenvalue weighted by molar-refractivity contribution is 0.0751. The van der Waals surface area contributed by atoms with Crippen molar-refractivity contribution in [2.75, 3.05) is 18.0 Å². The number of carbonyl (C=O) groups is 1. The third-order valence-electron chi connectivity index (χ3n) is 6.00. The van der Waals surface area contributed by atoms with Crippen molar-refractivity contribution in [2.45, 2.75) is 20.0 Å². The second kappa shape index (κ2) is 11.2. The van der Waals surface area contributed by atoms with Gasteiger partial charge in [0.2, 0.25) is 0 Å². The summed E-state index contributed by atoms with van der Waals surface area (Å²) in [6.07, 6.45) is 3.57. The topological polar surface area (TPSA) is 52.2 Å². The van der Waals surface area contributed by atoms with Crippen molar-refractivity contribution >= 4 is 36.4 Å². The van der Waals surface area contributed by atoms with E-state index in [1.807, 2.05) is 48.4 Å². The number of carbonyl (C=O) groups excluding carboxylic acids is 1. The van der Waals surface area contributed by atoms with Crippen LogP contribution in [0.2, 0.25) is 0 Å². The molecule has 4 aromatic rings. The van der Waals surface area contributed by atoms with E-state index >= 15 is 0 Å². The highest BCUT2D eigenvalue weighted by atomic mass is 35.5. The van der Waals surface area contributed by atoms with Gasteiger partial charge in [0.05, 0.1) is 18.6 Å². The summed E-state index contributed by atoms with van der Waals surface area (Å²) in [6, 6.07) is 24.8. The second-order valence-electron chi connectivity index (χ2n) is 8.30. The van der Waals surface area contributed by atoms with Crippen molar-refractivity contribution in [1.82, 2.24) is 14.9 Å². The monoisotopic (exact) mass is 494 g/mol. The first kappa shape index (κ1) is 25.3. The fourth-order valence-electron chi connectivity index (χ4n) is 4.35. The average molecular weight is 495 g/mol. The summed E-state index contributed by atoms with van der Waals surface area (Å²) in [6.45, 7) is 4.75. The van der Waals surface area contributed by atoms with Gasteiger partial charge < -0.3 is 14.8 Å². The summed E-state index contributed by atoms with van der Waals surface area (Å²) < 4.78 is 0. The lowest BCUT2D eigenvalue weighted by atomic mass is 10.0. The van der Waals surface area contributed by atoms with E-state index in [-0.39, 0.29) is 30.7 Å². The van der Waals surface area contributed by atoms with Crippen LogP contribution in [0.1, 0.15) is 27.2 Å². The van der Waals surface area contributed by atoms with Gasteiger partial charge in [0.1, 0.15) is 0 Å². The molecule has 1 amide bonds. The van der Waals surface area contributed by atoms with Crippen LogP contribution < -0.4 is 4.90 Å². The van der Waals surface area contributed by atoms with Gasteiger partial charge in [0.25, 0.3) is 5.91 Å². The van der Waals surface area contributed by atoms with Gasteiger partial charge in [-0.2, -0.15) is 0 Å². The van der Waals surface area contributed by atoms with Crippen molar-refractivity contribution in [3.8, 4) is 11.1 Å². The third kappa shape index (κ3) is 5.44. The SMILES string of the molecule is Cc1cccc(C(=O)N2CCN(Cc3cnc[nH]3)c3ccc(-c4ccccc4)cc3C2)c1.Cl.Cl. The van der Waals surface area contributed by atoms with Crippen LogP contribution in [0.3, 0.4) is 0 Å². The van der Waals surface area contributed by atoms with E-state index in [1.54, 1.807) is 6.33 Å². The number of amides is 1. The number of aryl methyl sites for hydroxylation is 1. The number of benzene rings is 3. The van der Waals surface area contributed by atoms with Crippen molar-refractivity contribution in [3.05, 3.63) is 108 Å². The maximum absolute atomic E-state index is 13.4. The van der Waals surface area contributed by atoms with Crippen LogP contribution in [0.25, 0.3) is 11.1 Å². The number of hydrogen-bond donors (Lipinski definition) is 1. The van der Waals surface area contributed by atoms with E-state index in [4.69, 9.17) is 0 Å². The minimum atomic E-state index is 0. The number of nitrogens with one attached hydrogen (secondary N) is 1. The molecule has 1 aromatic heterocycles. The van der Waals surface area contributed by atoms with Crippen LogP contribution in [-0.2, 0) is 13.1 Å². The van der Waals surface area contributed by atoms with Crippen molar-refractivity contribution < 1.29 is 4.79 Å². The Hall–Kier alpha value is -3.28. The Balaban J connectivity index is 0.00000162. The smallest absolute Gasteiger partial charge is 0.254 e. The summed E-state index contributed by atoms with van der Waals surface area (Å²) >= 11 is 0. The van der Waals surface area contributed by atoms with Gasteiger partial charge in [-0.15, -0.1) is 24.8 Å². The molecule has 0 fully saturated rings. The number of hydrogen-bond acceptors (Lipinski definition) is 3. The minimum Gasteiger partial charge on any atom is -0.364 e. The molecule has 1 aliphatic heterocycles. The Labute approximate surface area is 212 Å². The Morgan fingerprint density at radius 2 is 1.76 bits per heavy atom. The fourth-order valence-corrected chi connectivity index (χ4v) is 4.35. The Bertz CT molecular complexity index is 1230. The van der Waals surface area contributed by atoms with Gasteiger partial charge in [-0.1, -0.05) is 54.1 Å². The zero-order chi connectivity index (χ0) is 21.9. The number of aromatic amines is 1. The largest absolute Gasteiger partial charge is 0.364 e. The zero-order valence-electron chi connectivity index (χ0n) is 19.0. The summed E-state index contributed by atoms with van der Waals surface area (Å²) in [5.74, 6) is 0.0770. The van der Waals surface area contributed by atoms with Crippen LogP contribution in [0, 0.1) is 6.92 Å². The van der Waals surface area contributed by atoms with Gasteiger partial charge in [-0.25, -0.2) is 4.98 Å². The lowest BCUT2D eigenvalue weighted by Gasteiger charge is -2.24. The van der Waals surface area contributed by atoms with Gasteiger partial charge in [0.15, 0.2) is 0 Å². The number of fused-ring (bicyclic) bond motifs is 1. The van der Waals surface area contributed by atoms with Gasteiger partial charge in [0, 0.05) is 37.1 Å². The molecule has 176 valence electrons. The standard InChI is InChI=1S/C27H26N4O.2ClH/c1-20-6-5-9-23(14-20)27(32)31-13-12-30(18-25-16-28-19-29-25)26-11-10-22(15-24(26)17-31)21-7-3-2-4-8-21;;/h2-11,14-16,19H,12-13,17-18H2,1H3,(H,28,29);2*1H. The van der Waals surface area contributed by atoms with Gasteiger partial charge in [-0.3, -0.25) is 4.79 Å². The quantitative estimate of drug-likeness (QED) is 0.384. The molecule has 0 saturated carbocycles. The second-order valence-corrected chi connectivity index (χ2v) is 8.30. The number of H-pyrrole nitrogens is 1. The molecule has 0 radical (unpaired) electrons. The molecule has 7 heteroatoms. The highest BCUT2D eigenvalue weighted by Crippen LogP contribution is 2.31. The molecule has 1 N–H and O–H groups in total. The normalized spacial score (nSPS) is 12.7. The molecule has 5 nitrogen and oxygen atoms in total. The Kier molecular flexibility index (Phi) is 8.37. The zero-order valence-corrected chi connectivity index (χ0v) is 20.6. The first-order chi connectivity index (χ1) is 15.7. The molecular weight excluding hydrogens is 467 g/mol. The molecule has 0 aliphatic carbocycles. The maximum atomic E-state index is 13.4. The van der Waals surface area contributed by atoms with E-state index in [1.165, 1.54) is 11.3 Å². The first-order valence-corrected chi connectivity index (χ1v) is 10.9. The molecule has 3 aromatic carbocycles. The van der Waals surface area contributed by atoms with Crippen LogP contribution in [0.5, 0.6) is 0 Å². The predicted molar refractivity (Wildman–Crippen MR) is 142 cm³/mol. The van der Waals surface area contributed by atoms with E-state index in [2.05, 4.69) is 57.3 Å². The van der Waals surface area contributed by atoms with Crippen LogP contribution in [0.4, 0.5) is 5.69 Å². The first-order valence-electron chi connectivity index (χ1n) is 10.9. The van der Waals surface area contributed by atoms with Crippen molar-refractivity contribution in [1.29, 1.82) is 0 Å². The number of rotatable bonds is 4. The summed E-state index contributed by atoms with van der Waals surface area (Å²) in [5, 5.41) is 0. The van der Waals surface area contributed by atoms with E-state index < -0.39 is 0 Å². The Morgan fingerprint density at radius 1 is 0.941 bits per heavy atom. The maximum Gasteiger partial charge on any atom is 0.254 e. The van der Waals surface area contributed by atoms with Gasteiger partial charge in [-0.05, 0) is 47.9 Å². The molecule has 2 heterocycles. The molecule has 0 unspecified atom stereocenters. The molecule has 0 saturated heterocycles. The van der Waals surface area contributed by atoms with E-state index in [9.17, 15) is 4.79 Å². The number of imidazole rings is 1. The molecule has 34 heavy (non-hydrogen) atoms. The predicted octanol–water partition coefficient (Wildman–Crippen LogP) is 5.89. The van der Waals surface area contributed by atoms with E-state index in [0.717, 1.165) is 41.0 Å². The average Bonchev–Trinajstić information content (AvgIpc) is 3.27. The fraction of sp³-hybridized carbons (Fsp3) is 0.185. The van der Waals surface area contributed by atoms with Gasteiger partial charge >= 0.3 is 0 Å². The Morgan fingerprint density at radius 3 is 2.50 bits per heavy atom. The molecular formula is C27H28Cl2N4O. The summed E-state index contributed by atoms with van der Waals surface area (Å²) in [7, 11) is 0. The molecule has 0 spiro atoms. The third-order valence-corrected chi connectivity index (χ3v) is 6.00.